The van der Waals surface area contributed by atoms with E-state index >= 15 is 0 Å². The van der Waals surface area contributed by atoms with Gasteiger partial charge in [-0.3, -0.25) is 4.98 Å². The first-order chi connectivity index (χ1) is 10.3. The number of nitrogens with one attached hydrogen (secondary N) is 1. The van der Waals surface area contributed by atoms with E-state index in [1.165, 1.54) is 35.2 Å². The van der Waals surface area contributed by atoms with E-state index in [9.17, 15) is 0 Å². The van der Waals surface area contributed by atoms with Gasteiger partial charge in [0.1, 0.15) is 0 Å². The average molecular weight is 284 g/mol. The number of anilines is 1. The van der Waals surface area contributed by atoms with Crippen LogP contribution < -0.4 is 5.32 Å². The lowest BCUT2D eigenvalue weighted by Crippen LogP contribution is -2.03. The fraction of sp³-hybridized carbons (Fsp3) is 0.526. The summed E-state index contributed by atoms with van der Waals surface area (Å²) in [7, 11) is 0. The van der Waals surface area contributed by atoms with Crippen LogP contribution >= 0.6 is 0 Å². The molecule has 2 aromatic rings. The molecule has 1 heterocycles. The zero-order chi connectivity index (χ0) is 15.1. The highest BCUT2D eigenvalue weighted by Gasteiger charge is 2.06. The van der Waals surface area contributed by atoms with Gasteiger partial charge in [0.25, 0.3) is 0 Å². The standard InChI is InChI=1S/C19H28N2/c1-4-7-9-15-10-11-18-17(13-15)19(20-12-6-3)14-16(21-18)8-5-2/h10-11,13-14H,4-9,12H2,1-3H3,(H,20,21). The van der Waals surface area contributed by atoms with Crippen LogP contribution in [0.25, 0.3) is 10.9 Å². The molecule has 0 unspecified atom stereocenters. The number of nitrogens with zero attached hydrogens (tertiary/aromatic N) is 1. The molecule has 1 N–H and O–H groups in total. The zero-order valence-corrected chi connectivity index (χ0v) is 13.7. The number of rotatable bonds is 8. The highest BCUT2D eigenvalue weighted by molar-refractivity contribution is 5.92. The van der Waals surface area contributed by atoms with E-state index in [4.69, 9.17) is 4.98 Å². The molecule has 0 aliphatic rings. The van der Waals surface area contributed by atoms with Crippen LogP contribution in [0.3, 0.4) is 0 Å². The van der Waals surface area contributed by atoms with Crippen molar-refractivity contribution in [1.29, 1.82) is 0 Å². The molecule has 0 saturated carbocycles. The molecular formula is C19H28N2. The Bertz CT molecular complexity index is 575. The average Bonchev–Trinajstić information content (AvgIpc) is 2.51. The summed E-state index contributed by atoms with van der Waals surface area (Å²) in [6.45, 7) is 7.67. The van der Waals surface area contributed by atoms with Crippen LogP contribution in [0.2, 0.25) is 0 Å². The topological polar surface area (TPSA) is 24.9 Å². The molecule has 0 radical (unpaired) electrons. The molecule has 2 nitrogen and oxygen atoms in total. The lowest BCUT2D eigenvalue weighted by Gasteiger charge is -2.12. The predicted octanol–water partition coefficient (Wildman–Crippen LogP) is 5.35. The maximum Gasteiger partial charge on any atom is 0.0726 e. The van der Waals surface area contributed by atoms with Gasteiger partial charge in [0.2, 0.25) is 0 Å². The Morgan fingerprint density at radius 3 is 2.52 bits per heavy atom. The highest BCUT2D eigenvalue weighted by Crippen LogP contribution is 2.26. The SMILES string of the molecule is CCCCc1ccc2nc(CCC)cc(NCCC)c2c1. The van der Waals surface area contributed by atoms with Gasteiger partial charge in [-0.25, -0.2) is 0 Å². The van der Waals surface area contributed by atoms with E-state index in [2.05, 4.69) is 50.4 Å². The fourth-order valence-corrected chi connectivity index (χ4v) is 2.65. The van der Waals surface area contributed by atoms with Crippen molar-refractivity contribution in [2.75, 3.05) is 11.9 Å². The molecule has 0 bridgehead atoms. The van der Waals surface area contributed by atoms with Crippen molar-refractivity contribution >= 4 is 16.6 Å². The normalized spacial score (nSPS) is 11.0. The van der Waals surface area contributed by atoms with Crippen molar-refractivity contribution in [3.8, 4) is 0 Å². The predicted molar refractivity (Wildman–Crippen MR) is 93.1 cm³/mol. The number of hydrogen-bond acceptors (Lipinski definition) is 2. The molecule has 2 rings (SSSR count). The molecule has 0 aliphatic carbocycles. The fourth-order valence-electron chi connectivity index (χ4n) is 2.65. The first kappa shape index (κ1) is 15.8. The molecular weight excluding hydrogens is 256 g/mol. The largest absolute Gasteiger partial charge is 0.384 e. The van der Waals surface area contributed by atoms with Gasteiger partial charge in [0, 0.05) is 23.3 Å². The lowest BCUT2D eigenvalue weighted by molar-refractivity contribution is 0.796. The summed E-state index contributed by atoms with van der Waals surface area (Å²) in [4.78, 5) is 4.82. The van der Waals surface area contributed by atoms with E-state index in [1.807, 2.05) is 0 Å². The number of aryl methyl sites for hydroxylation is 2. The molecule has 0 atom stereocenters. The third kappa shape index (κ3) is 4.20. The van der Waals surface area contributed by atoms with Crippen LogP contribution in [0.1, 0.15) is 57.7 Å². The summed E-state index contributed by atoms with van der Waals surface area (Å²) >= 11 is 0. The Hall–Kier alpha value is -1.57. The van der Waals surface area contributed by atoms with E-state index < -0.39 is 0 Å². The molecule has 114 valence electrons. The number of hydrogen-bond donors (Lipinski definition) is 1. The molecule has 0 aliphatic heterocycles. The summed E-state index contributed by atoms with van der Waals surface area (Å²) in [6, 6.07) is 9.00. The number of fused-ring (bicyclic) bond motifs is 1. The van der Waals surface area contributed by atoms with Crippen LogP contribution in [0.15, 0.2) is 24.3 Å². The van der Waals surface area contributed by atoms with Gasteiger partial charge in [-0.05, 0) is 49.4 Å². The Kier molecular flexibility index (Phi) is 6.04. The molecule has 0 spiro atoms. The van der Waals surface area contributed by atoms with E-state index in [0.717, 1.165) is 37.7 Å². The Morgan fingerprint density at radius 2 is 1.81 bits per heavy atom. The van der Waals surface area contributed by atoms with E-state index in [-0.39, 0.29) is 0 Å². The molecule has 1 aromatic carbocycles. The monoisotopic (exact) mass is 284 g/mol. The maximum absolute atomic E-state index is 4.82. The van der Waals surface area contributed by atoms with Crippen LogP contribution in [-0.2, 0) is 12.8 Å². The quantitative estimate of drug-likeness (QED) is 0.706. The Morgan fingerprint density at radius 1 is 0.952 bits per heavy atom. The first-order valence-corrected chi connectivity index (χ1v) is 8.44. The first-order valence-electron chi connectivity index (χ1n) is 8.44. The number of pyridine rings is 1. The molecule has 1 aromatic heterocycles. The van der Waals surface area contributed by atoms with Gasteiger partial charge in [-0.15, -0.1) is 0 Å². The van der Waals surface area contributed by atoms with Gasteiger partial charge >= 0.3 is 0 Å². The third-order valence-corrected chi connectivity index (χ3v) is 3.82. The molecule has 0 saturated heterocycles. The van der Waals surface area contributed by atoms with E-state index in [1.54, 1.807) is 0 Å². The van der Waals surface area contributed by atoms with E-state index in [0.29, 0.717) is 0 Å². The lowest BCUT2D eigenvalue weighted by atomic mass is 10.0. The molecule has 0 fully saturated rings. The van der Waals surface area contributed by atoms with Crippen molar-refractivity contribution in [2.24, 2.45) is 0 Å². The summed E-state index contributed by atoms with van der Waals surface area (Å²) < 4.78 is 0. The van der Waals surface area contributed by atoms with Gasteiger partial charge in [-0.1, -0.05) is 39.7 Å². The van der Waals surface area contributed by atoms with Crippen molar-refractivity contribution < 1.29 is 0 Å². The third-order valence-electron chi connectivity index (χ3n) is 3.82. The van der Waals surface area contributed by atoms with Gasteiger partial charge in [0.15, 0.2) is 0 Å². The molecule has 21 heavy (non-hydrogen) atoms. The Balaban J connectivity index is 2.40. The molecule has 2 heteroatoms. The second kappa shape index (κ2) is 8.02. The summed E-state index contributed by atoms with van der Waals surface area (Å²) in [5, 5.41) is 4.85. The smallest absolute Gasteiger partial charge is 0.0726 e. The van der Waals surface area contributed by atoms with Crippen LogP contribution in [0.4, 0.5) is 5.69 Å². The van der Waals surface area contributed by atoms with Gasteiger partial charge < -0.3 is 5.32 Å². The van der Waals surface area contributed by atoms with Crippen molar-refractivity contribution in [3.63, 3.8) is 0 Å². The second-order valence-corrected chi connectivity index (χ2v) is 5.79. The minimum absolute atomic E-state index is 1.02. The summed E-state index contributed by atoms with van der Waals surface area (Å²) in [5.41, 5.74) is 5.00. The minimum atomic E-state index is 1.02. The van der Waals surface area contributed by atoms with Crippen LogP contribution in [0, 0.1) is 0 Å². The second-order valence-electron chi connectivity index (χ2n) is 5.79. The van der Waals surface area contributed by atoms with Crippen LogP contribution in [-0.4, -0.2) is 11.5 Å². The molecule has 0 amide bonds. The zero-order valence-electron chi connectivity index (χ0n) is 13.7. The Labute approximate surface area is 129 Å². The van der Waals surface area contributed by atoms with Gasteiger partial charge in [0.05, 0.1) is 5.52 Å². The van der Waals surface area contributed by atoms with Gasteiger partial charge in [-0.2, -0.15) is 0 Å². The van der Waals surface area contributed by atoms with Crippen molar-refractivity contribution in [1.82, 2.24) is 4.98 Å². The highest BCUT2D eigenvalue weighted by atomic mass is 14.9. The van der Waals surface area contributed by atoms with Crippen molar-refractivity contribution in [3.05, 3.63) is 35.5 Å². The van der Waals surface area contributed by atoms with Crippen LogP contribution in [0.5, 0.6) is 0 Å². The summed E-state index contributed by atoms with van der Waals surface area (Å²) in [6.07, 6.45) is 6.99. The number of unbranched alkanes of at least 4 members (excludes halogenated alkanes) is 1. The van der Waals surface area contributed by atoms with Crippen molar-refractivity contribution in [2.45, 2.75) is 59.3 Å². The number of aromatic nitrogens is 1. The maximum atomic E-state index is 4.82. The summed E-state index contributed by atoms with van der Waals surface area (Å²) in [5.74, 6) is 0. The number of benzene rings is 1. The minimum Gasteiger partial charge on any atom is -0.384 e.